The summed E-state index contributed by atoms with van der Waals surface area (Å²) in [5.41, 5.74) is 1.94. The number of aromatic nitrogens is 2. The van der Waals surface area contributed by atoms with Crippen LogP contribution in [-0.2, 0) is 16.6 Å². The third-order valence-corrected chi connectivity index (χ3v) is 5.07. The number of nitrogens with zero attached hydrogens (tertiary/aromatic N) is 3. The van der Waals surface area contributed by atoms with Crippen LogP contribution >= 0.6 is 0 Å². The first kappa shape index (κ1) is 17.5. The third kappa shape index (κ3) is 4.56. The monoisotopic (exact) mass is 336 g/mol. The molecule has 0 amide bonds. The SMILES string of the molecule is Cc1ccc(S(=O)(=O)NC[C@H](C)Cn2cccn2)cc1N(C)C. The lowest BCUT2D eigenvalue weighted by Gasteiger charge is -2.18. The Bertz CT molecular complexity index is 739. The normalized spacial score (nSPS) is 13.0. The van der Waals surface area contributed by atoms with Crippen LogP contribution in [0.5, 0.6) is 0 Å². The number of nitrogens with one attached hydrogen (secondary N) is 1. The third-order valence-electron chi connectivity index (χ3n) is 3.65. The van der Waals surface area contributed by atoms with Gasteiger partial charge < -0.3 is 4.90 Å². The summed E-state index contributed by atoms with van der Waals surface area (Å²) in [5, 5.41) is 4.13. The molecule has 1 aromatic carbocycles. The van der Waals surface area contributed by atoms with Gasteiger partial charge in [-0.3, -0.25) is 4.68 Å². The average Bonchev–Trinajstić information content (AvgIpc) is 2.98. The predicted octanol–water partition coefficient (Wildman–Crippen LogP) is 1.87. The molecule has 0 fully saturated rings. The highest BCUT2D eigenvalue weighted by Gasteiger charge is 2.17. The maximum Gasteiger partial charge on any atom is 0.240 e. The molecule has 0 spiro atoms. The van der Waals surface area contributed by atoms with E-state index in [1.165, 1.54) is 0 Å². The number of aryl methyl sites for hydroxylation is 1. The van der Waals surface area contributed by atoms with Crippen molar-refractivity contribution < 1.29 is 8.42 Å². The van der Waals surface area contributed by atoms with Gasteiger partial charge in [-0.1, -0.05) is 13.0 Å². The molecule has 2 rings (SSSR count). The molecular formula is C16H24N4O2S. The van der Waals surface area contributed by atoms with E-state index in [4.69, 9.17) is 0 Å². The molecule has 1 N–H and O–H groups in total. The Labute approximate surface area is 138 Å². The maximum atomic E-state index is 12.5. The van der Waals surface area contributed by atoms with Gasteiger partial charge in [0.2, 0.25) is 10.0 Å². The van der Waals surface area contributed by atoms with Gasteiger partial charge in [-0.25, -0.2) is 13.1 Å². The zero-order valence-electron chi connectivity index (χ0n) is 14.0. The molecule has 7 heteroatoms. The summed E-state index contributed by atoms with van der Waals surface area (Å²) >= 11 is 0. The first-order valence-corrected chi connectivity index (χ1v) is 9.03. The van der Waals surface area contributed by atoms with Crippen LogP contribution in [0.15, 0.2) is 41.6 Å². The summed E-state index contributed by atoms with van der Waals surface area (Å²) in [7, 11) is 0.289. The molecule has 0 saturated heterocycles. The molecule has 1 aromatic heterocycles. The van der Waals surface area contributed by atoms with E-state index < -0.39 is 10.0 Å². The van der Waals surface area contributed by atoms with Gasteiger partial charge in [-0.15, -0.1) is 0 Å². The van der Waals surface area contributed by atoms with Crippen molar-refractivity contribution in [1.82, 2.24) is 14.5 Å². The first-order chi connectivity index (χ1) is 10.8. The van der Waals surface area contributed by atoms with Crippen LogP contribution in [0.2, 0.25) is 0 Å². The summed E-state index contributed by atoms with van der Waals surface area (Å²) in [4.78, 5) is 2.20. The maximum absolute atomic E-state index is 12.5. The zero-order chi connectivity index (χ0) is 17.0. The van der Waals surface area contributed by atoms with Crippen molar-refractivity contribution in [3.05, 3.63) is 42.2 Å². The Kier molecular flexibility index (Phi) is 5.43. The van der Waals surface area contributed by atoms with Crippen molar-refractivity contribution in [1.29, 1.82) is 0 Å². The average molecular weight is 336 g/mol. The zero-order valence-corrected chi connectivity index (χ0v) is 14.8. The fraction of sp³-hybridized carbons (Fsp3) is 0.438. The second-order valence-corrected chi connectivity index (χ2v) is 7.79. The molecule has 0 aliphatic rings. The quantitative estimate of drug-likeness (QED) is 0.838. The lowest BCUT2D eigenvalue weighted by molar-refractivity contribution is 0.443. The van der Waals surface area contributed by atoms with Crippen LogP contribution in [-0.4, -0.2) is 38.8 Å². The van der Waals surface area contributed by atoms with E-state index in [9.17, 15) is 8.42 Å². The number of benzene rings is 1. The van der Waals surface area contributed by atoms with E-state index in [1.54, 1.807) is 23.0 Å². The molecule has 0 saturated carbocycles. The summed E-state index contributed by atoms with van der Waals surface area (Å²) < 4.78 is 29.4. The summed E-state index contributed by atoms with van der Waals surface area (Å²) in [6.07, 6.45) is 3.58. The van der Waals surface area contributed by atoms with Crippen LogP contribution in [0.25, 0.3) is 0 Å². The second-order valence-electron chi connectivity index (χ2n) is 6.03. The number of rotatable bonds is 7. The van der Waals surface area contributed by atoms with E-state index >= 15 is 0 Å². The van der Waals surface area contributed by atoms with Gasteiger partial charge in [0.25, 0.3) is 0 Å². The lowest BCUT2D eigenvalue weighted by atomic mass is 10.2. The Morgan fingerprint density at radius 3 is 2.70 bits per heavy atom. The van der Waals surface area contributed by atoms with Gasteiger partial charge >= 0.3 is 0 Å². The van der Waals surface area contributed by atoms with Gasteiger partial charge in [-0.2, -0.15) is 5.10 Å². The number of hydrogen-bond acceptors (Lipinski definition) is 4. The Balaban J connectivity index is 2.05. The Morgan fingerprint density at radius 1 is 1.35 bits per heavy atom. The van der Waals surface area contributed by atoms with Crippen LogP contribution < -0.4 is 9.62 Å². The Hall–Kier alpha value is -1.86. The molecule has 0 aliphatic heterocycles. The van der Waals surface area contributed by atoms with Crippen molar-refractivity contribution in [2.45, 2.75) is 25.3 Å². The highest BCUT2D eigenvalue weighted by atomic mass is 32.2. The molecular weight excluding hydrogens is 312 g/mol. The van der Waals surface area contributed by atoms with Crippen molar-refractivity contribution in [3.63, 3.8) is 0 Å². The smallest absolute Gasteiger partial charge is 0.240 e. The molecule has 23 heavy (non-hydrogen) atoms. The minimum atomic E-state index is -3.51. The standard InChI is InChI=1S/C16H24N4O2S/c1-13(12-20-9-5-8-17-20)11-18-23(21,22)15-7-6-14(2)16(10-15)19(3)4/h5-10,13,18H,11-12H2,1-4H3/t13-/m0/s1. The van der Waals surface area contributed by atoms with Gasteiger partial charge in [0.15, 0.2) is 0 Å². The van der Waals surface area contributed by atoms with E-state index in [0.29, 0.717) is 13.1 Å². The molecule has 6 nitrogen and oxygen atoms in total. The Morgan fingerprint density at radius 2 is 2.09 bits per heavy atom. The van der Waals surface area contributed by atoms with Gasteiger partial charge in [0.1, 0.15) is 0 Å². The summed E-state index contributed by atoms with van der Waals surface area (Å²) in [5.74, 6) is 0.142. The van der Waals surface area contributed by atoms with Crippen molar-refractivity contribution in [2.24, 2.45) is 5.92 Å². The highest BCUT2D eigenvalue weighted by molar-refractivity contribution is 7.89. The summed E-state index contributed by atoms with van der Waals surface area (Å²) in [6.45, 7) is 5.00. The van der Waals surface area contributed by atoms with Crippen molar-refractivity contribution in [3.8, 4) is 0 Å². The summed E-state index contributed by atoms with van der Waals surface area (Å²) in [6, 6.07) is 7.03. The lowest BCUT2D eigenvalue weighted by Crippen LogP contribution is -2.30. The van der Waals surface area contributed by atoms with Gasteiger partial charge in [-0.05, 0) is 36.6 Å². The van der Waals surface area contributed by atoms with Crippen LogP contribution in [0, 0.1) is 12.8 Å². The molecule has 0 aliphatic carbocycles. The van der Waals surface area contributed by atoms with E-state index in [1.807, 2.05) is 51.2 Å². The minimum Gasteiger partial charge on any atom is -0.377 e. The molecule has 0 bridgehead atoms. The van der Waals surface area contributed by atoms with Crippen LogP contribution in [0.4, 0.5) is 5.69 Å². The van der Waals surface area contributed by atoms with Crippen LogP contribution in [0.3, 0.4) is 0 Å². The van der Waals surface area contributed by atoms with Crippen molar-refractivity contribution >= 4 is 15.7 Å². The topological polar surface area (TPSA) is 67.2 Å². The molecule has 0 radical (unpaired) electrons. The molecule has 1 atom stereocenters. The first-order valence-electron chi connectivity index (χ1n) is 7.54. The van der Waals surface area contributed by atoms with Crippen LogP contribution in [0.1, 0.15) is 12.5 Å². The van der Waals surface area contributed by atoms with E-state index in [2.05, 4.69) is 9.82 Å². The minimum absolute atomic E-state index is 0.142. The fourth-order valence-electron chi connectivity index (χ4n) is 2.37. The van der Waals surface area contributed by atoms with E-state index in [0.717, 1.165) is 11.3 Å². The highest BCUT2D eigenvalue weighted by Crippen LogP contribution is 2.22. The van der Waals surface area contributed by atoms with Crippen molar-refractivity contribution in [2.75, 3.05) is 25.5 Å². The number of hydrogen-bond donors (Lipinski definition) is 1. The molecule has 1 heterocycles. The van der Waals surface area contributed by atoms with Gasteiger partial charge in [0.05, 0.1) is 4.90 Å². The molecule has 0 unspecified atom stereocenters. The molecule has 2 aromatic rings. The number of sulfonamides is 1. The molecule has 126 valence electrons. The fourth-order valence-corrected chi connectivity index (χ4v) is 3.55. The predicted molar refractivity (Wildman–Crippen MR) is 92.1 cm³/mol. The second kappa shape index (κ2) is 7.14. The van der Waals surface area contributed by atoms with E-state index in [-0.39, 0.29) is 10.8 Å². The largest absolute Gasteiger partial charge is 0.377 e. The number of anilines is 1. The van der Waals surface area contributed by atoms with Gasteiger partial charge in [0, 0.05) is 45.3 Å².